The average Bonchev–Trinajstić information content (AvgIpc) is 2.85. The predicted octanol–water partition coefficient (Wildman–Crippen LogP) is 1.96. The largest absolute Gasteiger partial charge is 0.381 e. The molecule has 0 amide bonds. The monoisotopic (exact) mass is 297 g/mol. The Morgan fingerprint density at radius 3 is 2.85 bits per heavy atom. The van der Waals surface area contributed by atoms with Crippen LogP contribution >= 0.6 is 11.8 Å². The first-order valence-corrected chi connectivity index (χ1v) is 8.96. The molecule has 1 spiro atoms. The molecule has 0 aliphatic carbocycles. The minimum absolute atomic E-state index is 0.287. The van der Waals surface area contributed by atoms with Crippen molar-refractivity contribution in [2.75, 3.05) is 45.6 Å². The zero-order chi connectivity index (χ0) is 13.8. The van der Waals surface area contributed by atoms with Crippen LogP contribution in [0.4, 0.5) is 0 Å². The van der Waals surface area contributed by atoms with Crippen LogP contribution in [-0.2, 0) is 4.74 Å². The van der Waals surface area contributed by atoms with Crippen molar-refractivity contribution in [1.82, 2.24) is 10.2 Å². The summed E-state index contributed by atoms with van der Waals surface area (Å²) in [6.45, 7) is 5.32. The van der Waals surface area contributed by atoms with Gasteiger partial charge in [0.15, 0.2) is 5.17 Å². The standard InChI is InChI=1S/C15H27N3OS/c1-18-8-3-13(4-9-18)2-7-16-14-17-15(12-20-14)5-10-19-11-6-15/h13H,2-12H2,1H3,(H,16,17). The number of piperidine rings is 1. The molecule has 0 aromatic carbocycles. The van der Waals surface area contributed by atoms with Crippen molar-refractivity contribution in [1.29, 1.82) is 0 Å². The number of ether oxygens (including phenoxy) is 1. The molecule has 0 unspecified atom stereocenters. The van der Waals surface area contributed by atoms with Crippen LogP contribution in [0, 0.1) is 5.92 Å². The molecule has 3 saturated heterocycles. The van der Waals surface area contributed by atoms with E-state index < -0.39 is 0 Å². The maximum atomic E-state index is 5.47. The Hall–Kier alpha value is -0.260. The van der Waals surface area contributed by atoms with Crippen molar-refractivity contribution in [2.24, 2.45) is 10.9 Å². The second kappa shape index (κ2) is 6.67. The number of hydrogen-bond acceptors (Lipinski definition) is 4. The Kier molecular flexibility index (Phi) is 4.89. The molecule has 3 fully saturated rings. The highest BCUT2D eigenvalue weighted by Crippen LogP contribution is 2.31. The molecule has 5 heteroatoms. The summed E-state index contributed by atoms with van der Waals surface area (Å²) in [6.07, 6.45) is 6.23. The predicted molar refractivity (Wildman–Crippen MR) is 85.5 cm³/mol. The number of aliphatic imine (C=N–C) groups is 1. The first-order valence-electron chi connectivity index (χ1n) is 7.98. The molecule has 0 saturated carbocycles. The van der Waals surface area contributed by atoms with Crippen molar-refractivity contribution >= 4 is 16.9 Å². The van der Waals surface area contributed by atoms with E-state index in [2.05, 4.69) is 17.3 Å². The highest BCUT2D eigenvalue weighted by molar-refractivity contribution is 8.14. The van der Waals surface area contributed by atoms with E-state index in [0.717, 1.165) is 38.5 Å². The van der Waals surface area contributed by atoms with Crippen molar-refractivity contribution in [3.63, 3.8) is 0 Å². The van der Waals surface area contributed by atoms with Gasteiger partial charge in [-0.3, -0.25) is 4.99 Å². The Morgan fingerprint density at radius 2 is 2.10 bits per heavy atom. The number of amidine groups is 1. The van der Waals surface area contributed by atoms with Crippen LogP contribution in [0.5, 0.6) is 0 Å². The lowest BCUT2D eigenvalue weighted by Gasteiger charge is -2.32. The summed E-state index contributed by atoms with van der Waals surface area (Å²) in [5, 5.41) is 4.86. The molecule has 3 rings (SSSR count). The number of rotatable bonds is 3. The maximum Gasteiger partial charge on any atom is 0.157 e. The third-order valence-electron chi connectivity index (χ3n) is 4.94. The molecule has 0 atom stereocenters. The van der Waals surface area contributed by atoms with E-state index in [1.165, 1.54) is 43.3 Å². The molecule has 3 aliphatic heterocycles. The highest BCUT2D eigenvalue weighted by atomic mass is 32.2. The molecule has 0 radical (unpaired) electrons. The van der Waals surface area contributed by atoms with E-state index in [4.69, 9.17) is 9.73 Å². The van der Waals surface area contributed by atoms with Gasteiger partial charge in [0, 0.05) is 25.5 Å². The third kappa shape index (κ3) is 3.68. The van der Waals surface area contributed by atoms with Crippen LogP contribution in [0.15, 0.2) is 4.99 Å². The molecule has 0 aromatic rings. The maximum absolute atomic E-state index is 5.47. The minimum atomic E-state index is 0.287. The second-order valence-electron chi connectivity index (χ2n) is 6.53. The Balaban J connectivity index is 1.41. The Labute approximate surface area is 126 Å². The molecule has 0 bridgehead atoms. The van der Waals surface area contributed by atoms with Crippen LogP contribution in [-0.4, -0.2) is 61.3 Å². The van der Waals surface area contributed by atoms with Crippen LogP contribution in [0.2, 0.25) is 0 Å². The minimum Gasteiger partial charge on any atom is -0.381 e. The number of nitrogens with zero attached hydrogens (tertiary/aromatic N) is 2. The van der Waals surface area contributed by atoms with Gasteiger partial charge in [-0.05, 0) is 58.2 Å². The van der Waals surface area contributed by atoms with Crippen molar-refractivity contribution in [3.05, 3.63) is 0 Å². The van der Waals surface area contributed by atoms with Crippen molar-refractivity contribution in [2.45, 2.75) is 37.6 Å². The fraction of sp³-hybridized carbons (Fsp3) is 0.933. The van der Waals surface area contributed by atoms with Gasteiger partial charge in [-0.25, -0.2) is 0 Å². The number of nitrogens with one attached hydrogen (secondary N) is 1. The van der Waals surface area contributed by atoms with Crippen molar-refractivity contribution < 1.29 is 4.74 Å². The summed E-state index contributed by atoms with van der Waals surface area (Å²) in [5.74, 6) is 2.06. The van der Waals surface area contributed by atoms with Gasteiger partial charge in [-0.1, -0.05) is 11.8 Å². The van der Waals surface area contributed by atoms with Gasteiger partial charge in [0.1, 0.15) is 0 Å². The molecule has 114 valence electrons. The fourth-order valence-corrected chi connectivity index (χ4v) is 4.57. The van der Waals surface area contributed by atoms with Crippen LogP contribution in [0.25, 0.3) is 0 Å². The summed E-state index contributed by atoms with van der Waals surface area (Å²) in [4.78, 5) is 7.24. The zero-order valence-corrected chi connectivity index (χ0v) is 13.4. The van der Waals surface area contributed by atoms with Gasteiger partial charge < -0.3 is 15.0 Å². The quantitative estimate of drug-likeness (QED) is 0.864. The lowest BCUT2D eigenvalue weighted by Crippen LogP contribution is -2.48. The number of hydrogen-bond donors (Lipinski definition) is 1. The summed E-state index contributed by atoms with van der Waals surface area (Å²) in [7, 11) is 2.23. The second-order valence-corrected chi connectivity index (χ2v) is 7.49. The molecule has 20 heavy (non-hydrogen) atoms. The Morgan fingerprint density at radius 1 is 1.35 bits per heavy atom. The summed E-state index contributed by atoms with van der Waals surface area (Å²) < 4.78 is 5.47. The molecule has 3 heterocycles. The normalized spacial score (nSPS) is 29.9. The van der Waals surface area contributed by atoms with Gasteiger partial charge in [0.05, 0.1) is 5.54 Å². The van der Waals surface area contributed by atoms with E-state index in [1.807, 2.05) is 11.8 Å². The molecule has 1 N–H and O–H groups in total. The SMILES string of the molecule is CN1CCC(CCN=C2NC3(CCOCC3)CS2)CC1. The zero-order valence-electron chi connectivity index (χ0n) is 12.6. The topological polar surface area (TPSA) is 36.9 Å². The Bertz CT molecular complexity index is 347. The fourth-order valence-electron chi connectivity index (χ4n) is 3.32. The van der Waals surface area contributed by atoms with E-state index in [9.17, 15) is 0 Å². The van der Waals surface area contributed by atoms with E-state index >= 15 is 0 Å². The van der Waals surface area contributed by atoms with Crippen molar-refractivity contribution in [3.8, 4) is 0 Å². The van der Waals surface area contributed by atoms with Gasteiger partial charge in [-0.2, -0.15) is 0 Å². The van der Waals surface area contributed by atoms with Crippen LogP contribution < -0.4 is 5.32 Å². The van der Waals surface area contributed by atoms with Gasteiger partial charge in [0.25, 0.3) is 0 Å². The summed E-state index contributed by atoms with van der Waals surface area (Å²) in [6, 6.07) is 0. The van der Waals surface area contributed by atoms with Gasteiger partial charge in [-0.15, -0.1) is 0 Å². The van der Waals surface area contributed by atoms with Crippen LogP contribution in [0.3, 0.4) is 0 Å². The van der Waals surface area contributed by atoms with Crippen LogP contribution in [0.1, 0.15) is 32.1 Å². The first kappa shape index (κ1) is 14.7. The number of thioether (sulfide) groups is 1. The van der Waals surface area contributed by atoms with Gasteiger partial charge >= 0.3 is 0 Å². The molecular weight excluding hydrogens is 270 g/mol. The lowest BCUT2D eigenvalue weighted by atomic mass is 9.93. The molecular formula is C15H27N3OS. The molecule has 3 aliphatic rings. The average molecular weight is 297 g/mol. The van der Waals surface area contributed by atoms with Gasteiger partial charge in [0.2, 0.25) is 0 Å². The summed E-state index contributed by atoms with van der Waals surface area (Å²) >= 11 is 1.91. The lowest BCUT2D eigenvalue weighted by molar-refractivity contribution is 0.0555. The van der Waals surface area contributed by atoms with E-state index in [-0.39, 0.29) is 5.54 Å². The molecule has 0 aromatic heterocycles. The third-order valence-corrected chi connectivity index (χ3v) is 6.14. The molecule has 4 nitrogen and oxygen atoms in total. The first-order chi connectivity index (χ1) is 9.76. The van der Waals surface area contributed by atoms with E-state index in [0.29, 0.717) is 0 Å². The smallest absolute Gasteiger partial charge is 0.157 e. The summed E-state index contributed by atoms with van der Waals surface area (Å²) in [5.41, 5.74) is 0.287. The highest BCUT2D eigenvalue weighted by Gasteiger charge is 2.38. The number of likely N-dealkylation sites (tertiary alicyclic amines) is 1. The van der Waals surface area contributed by atoms with E-state index in [1.54, 1.807) is 0 Å².